The molecule has 2 unspecified atom stereocenters. The molecule has 0 amide bonds. The Hall–Kier alpha value is 0.370. The fourth-order valence-corrected chi connectivity index (χ4v) is 1.92. The Kier molecular flexibility index (Phi) is 3.11. The molecule has 2 atom stereocenters. The van der Waals surface area contributed by atoms with Crippen molar-refractivity contribution in [3.8, 4) is 0 Å². The Bertz CT molecular complexity index is 110. The fourth-order valence-electron chi connectivity index (χ4n) is 1.39. The van der Waals surface area contributed by atoms with Gasteiger partial charge in [0.2, 0.25) is 0 Å². The van der Waals surface area contributed by atoms with Crippen molar-refractivity contribution in [2.24, 2.45) is 5.92 Å². The Labute approximate surface area is 69.7 Å². The lowest BCUT2D eigenvalue weighted by Gasteiger charge is -2.12. The summed E-state index contributed by atoms with van der Waals surface area (Å²) >= 11 is 3.15. The summed E-state index contributed by atoms with van der Waals surface area (Å²) < 4.78 is 12.9. The van der Waals surface area contributed by atoms with E-state index >= 15 is 0 Å². The number of alkyl halides is 2. The van der Waals surface area contributed by atoms with Crippen LogP contribution in [0.5, 0.6) is 0 Å². The van der Waals surface area contributed by atoms with Crippen molar-refractivity contribution in [2.75, 3.05) is 25.5 Å². The molecule has 60 valence electrons. The average molecular weight is 210 g/mol. The van der Waals surface area contributed by atoms with E-state index in [1.54, 1.807) is 0 Å². The van der Waals surface area contributed by atoms with Crippen LogP contribution in [0.15, 0.2) is 0 Å². The molecule has 0 spiro atoms. The first-order valence-corrected chi connectivity index (χ1v) is 4.74. The molecule has 1 saturated heterocycles. The van der Waals surface area contributed by atoms with Crippen molar-refractivity contribution >= 4 is 15.9 Å². The van der Waals surface area contributed by atoms with Gasteiger partial charge in [-0.2, -0.15) is 0 Å². The molecule has 0 radical (unpaired) electrons. The molecule has 0 aromatic heterocycles. The maximum atomic E-state index is 12.9. The Morgan fingerprint density at radius 1 is 1.80 bits per heavy atom. The van der Waals surface area contributed by atoms with Crippen molar-refractivity contribution in [1.82, 2.24) is 4.90 Å². The monoisotopic (exact) mass is 209 g/mol. The lowest BCUT2D eigenvalue weighted by molar-refractivity contribution is 0.254. The zero-order chi connectivity index (χ0) is 7.56. The maximum absolute atomic E-state index is 12.9. The Balaban J connectivity index is 2.29. The van der Waals surface area contributed by atoms with E-state index in [1.807, 2.05) is 7.05 Å². The quantitative estimate of drug-likeness (QED) is 0.626. The second kappa shape index (κ2) is 3.67. The molecule has 0 aromatic carbocycles. The molecular formula is C7H13BrFN. The summed E-state index contributed by atoms with van der Waals surface area (Å²) in [5.41, 5.74) is 0. The Morgan fingerprint density at radius 3 is 2.90 bits per heavy atom. The van der Waals surface area contributed by atoms with E-state index in [2.05, 4.69) is 20.8 Å². The van der Waals surface area contributed by atoms with Gasteiger partial charge in [0.25, 0.3) is 0 Å². The molecule has 0 aliphatic carbocycles. The molecule has 1 aliphatic rings. The summed E-state index contributed by atoms with van der Waals surface area (Å²) in [7, 11) is 2.04. The number of halogens is 2. The lowest BCUT2D eigenvalue weighted by Crippen LogP contribution is -2.21. The third-order valence-electron chi connectivity index (χ3n) is 2.09. The van der Waals surface area contributed by atoms with Crippen LogP contribution in [-0.4, -0.2) is 36.5 Å². The first kappa shape index (κ1) is 8.47. The number of hydrogen-bond acceptors (Lipinski definition) is 1. The SMILES string of the molecule is CN1CCC(C(F)CBr)C1. The minimum absolute atomic E-state index is 0.268. The molecule has 3 heteroatoms. The molecule has 1 heterocycles. The van der Waals surface area contributed by atoms with Gasteiger partial charge in [-0.3, -0.25) is 0 Å². The van der Waals surface area contributed by atoms with Gasteiger partial charge < -0.3 is 4.90 Å². The van der Waals surface area contributed by atoms with E-state index < -0.39 is 6.17 Å². The highest BCUT2D eigenvalue weighted by Gasteiger charge is 2.26. The molecule has 1 fully saturated rings. The summed E-state index contributed by atoms with van der Waals surface area (Å²) in [6.07, 6.45) is 0.369. The largest absolute Gasteiger partial charge is 0.306 e. The predicted molar refractivity (Wildman–Crippen MR) is 44.3 cm³/mol. The predicted octanol–water partition coefficient (Wildman–Crippen LogP) is 1.67. The molecule has 1 rings (SSSR count). The minimum Gasteiger partial charge on any atom is -0.306 e. The van der Waals surface area contributed by atoms with E-state index in [0.29, 0.717) is 5.33 Å². The van der Waals surface area contributed by atoms with Crippen LogP contribution < -0.4 is 0 Å². The maximum Gasteiger partial charge on any atom is 0.114 e. The first-order chi connectivity index (χ1) is 4.74. The highest BCUT2D eigenvalue weighted by Crippen LogP contribution is 2.21. The number of rotatable bonds is 2. The van der Waals surface area contributed by atoms with Gasteiger partial charge >= 0.3 is 0 Å². The van der Waals surface area contributed by atoms with Crippen molar-refractivity contribution in [3.05, 3.63) is 0 Å². The van der Waals surface area contributed by atoms with Crippen LogP contribution in [0.2, 0.25) is 0 Å². The van der Waals surface area contributed by atoms with Crippen LogP contribution in [0.25, 0.3) is 0 Å². The van der Waals surface area contributed by atoms with E-state index in [1.165, 1.54) is 0 Å². The third-order valence-corrected chi connectivity index (χ3v) is 2.71. The molecule has 10 heavy (non-hydrogen) atoms. The number of nitrogens with zero attached hydrogens (tertiary/aromatic N) is 1. The highest BCUT2D eigenvalue weighted by molar-refractivity contribution is 9.09. The third kappa shape index (κ3) is 1.92. The van der Waals surface area contributed by atoms with Crippen molar-refractivity contribution < 1.29 is 4.39 Å². The fraction of sp³-hybridized carbons (Fsp3) is 1.00. The van der Waals surface area contributed by atoms with Gasteiger partial charge in [-0.1, -0.05) is 15.9 Å². The van der Waals surface area contributed by atoms with E-state index in [0.717, 1.165) is 19.5 Å². The van der Waals surface area contributed by atoms with E-state index in [-0.39, 0.29) is 5.92 Å². The van der Waals surface area contributed by atoms with Gasteiger partial charge in [-0.05, 0) is 20.0 Å². The topological polar surface area (TPSA) is 3.24 Å². The standard InChI is InChI=1S/C7H13BrFN/c1-10-3-2-6(5-10)7(9)4-8/h6-7H,2-5H2,1H3. The van der Waals surface area contributed by atoms with Crippen molar-refractivity contribution in [1.29, 1.82) is 0 Å². The van der Waals surface area contributed by atoms with Crippen LogP contribution >= 0.6 is 15.9 Å². The molecule has 0 saturated carbocycles. The summed E-state index contributed by atoms with van der Waals surface area (Å²) in [6.45, 7) is 1.98. The van der Waals surface area contributed by atoms with E-state index in [9.17, 15) is 4.39 Å². The van der Waals surface area contributed by atoms with Gasteiger partial charge in [0.05, 0.1) is 0 Å². The van der Waals surface area contributed by atoms with Crippen LogP contribution in [0.4, 0.5) is 4.39 Å². The Morgan fingerprint density at radius 2 is 2.50 bits per heavy atom. The van der Waals surface area contributed by atoms with Gasteiger partial charge in [-0.25, -0.2) is 4.39 Å². The summed E-state index contributed by atoms with van der Waals surface area (Å²) in [5, 5.41) is 0.492. The van der Waals surface area contributed by atoms with Gasteiger partial charge in [0.1, 0.15) is 6.17 Å². The second-order valence-electron chi connectivity index (χ2n) is 2.98. The van der Waals surface area contributed by atoms with Crippen LogP contribution in [0.1, 0.15) is 6.42 Å². The zero-order valence-corrected chi connectivity index (χ0v) is 7.77. The minimum atomic E-state index is -0.648. The summed E-state index contributed by atoms with van der Waals surface area (Å²) in [6, 6.07) is 0. The van der Waals surface area contributed by atoms with Gasteiger partial charge in [0, 0.05) is 17.8 Å². The average Bonchev–Trinajstić information content (AvgIpc) is 2.34. The van der Waals surface area contributed by atoms with Crippen LogP contribution in [0, 0.1) is 5.92 Å². The molecule has 1 aliphatic heterocycles. The molecule has 0 aromatic rings. The smallest absolute Gasteiger partial charge is 0.114 e. The van der Waals surface area contributed by atoms with Crippen molar-refractivity contribution in [3.63, 3.8) is 0 Å². The van der Waals surface area contributed by atoms with Crippen LogP contribution in [0.3, 0.4) is 0 Å². The molecular weight excluding hydrogens is 197 g/mol. The molecule has 0 N–H and O–H groups in total. The van der Waals surface area contributed by atoms with Crippen molar-refractivity contribution in [2.45, 2.75) is 12.6 Å². The summed E-state index contributed by atoms with van der Waals surface area (Å²) in [4.78, 5) is 2.18. The number of likely N-dealkylation sites (tertiary alicyclic amines) is 1. The normalized spacial score (nSPS) is 30.9. The van der Waals surface area contributed by atoms with E-state index in [4.69, 9.17) is 0 Å². The zero-order valence-electron chi connectivity index (χ0n) is 6.19. The molecule has 0 bridgehead atoms. The second-order valence-corrected chi connectivity index (χ2v) is 3.63. The van der Waals surface area contributed by atoms with Crippen LogP contribution in [-0.2, 0) is 0 Å². The molecule has 1 nitrogen and oxygen atoms in total. The van der Waals surface area contributed by atoms with Gasteiger partial charge in [-0.15, -0.1) is 0 Å². The van der Waals surface area contributed by atoms with Gasteiger partial charge in [0.15, 0.2) is 0 Å². The lowest BCUT2D eigenvalue weighted by atomic mass is 10.1. The summed E-state index contributed by atoms with van der Waals surface area (Å²) in [5.74, 6) is 0.268. The number of hydrogen-bond donors (Lipinski definition) is 0. The highest BCUT2D eigenvalue weighted by atomic mass is 79.9. The first-order valence-electron chi connectivity index (χ1n) is 3.62.